The molecule has 1 N–H and O–H groups in total. The Morgan fingerprint density at radius 1 is 1.50 bits per heavy atom. The Morgan fingerprint density at radius 3 is 2.85 bits per heavy atom. The molecule has 0 bridgehead atoms. The van der Waals surface area contributed by atoms with Gasteiger partial charge in [-0.15, -0.1) is 0 Å². The molecule has 0 heterocycles. The van der Waals surface area contributed by atoms with E-state index in [0.29, 0.717) is 23.3 Å². The average molecular weight is 276 g/mol. The number of aldehydes is 1. The molecule has 2 rings (SSSR count). The first-order chi connectivity index (χ1) is 9.62. The summed E-state index contributed by atoms with van der Waals surface area (Å²) in [4.78, 5) is 10.9. The smallest absolute Gasteiger partial charge is 0.161 e. The normalized spacial score (nSPS) is 22.9. The Kier molecular flexibility index (Phi) is 4.69. The minimum absolute atomic E-state index is 0.0864. The standard InChI is InChI=1S/C17H24O3/c1-4-14-13(9-11(2)10-18)6-5-12-7-8-15(20-3)17(19)16(12)14/h7-8,10-11,13-14,19H,4-6,9H2,1-3H3. The number of aromatic hydroxyl groups is 1. The van der Waals surface area contributed by atoms with Gasteiger partial charge in [0.15, 0.2) is 11.5 Å². The van der Waals surface area contributed by atoms with Gasteiger partial charge in [0.05, 0.1) is 7.11 Å². The number of rotatable bonds is 5. The lowest BCUT2D eigenvalue weighted by Gasteiger charge is -2.34. The number of ether oxygens (including phenoxy) is 1. The first-order valence-electron chi connectivity index (χ1n) is 7.46. The highest BCUT2D eigenvalue weighted by atomic mass is 16.5. The van der Waals surface area contributed by atoms with Gasteiger partial charge in [-0.3, -0.25) is 0 Å². The molecule has 0 spiro atoms. The van der Waals surface area contributed by atoms with Crippen LogP contribution in [-0.4, -0.2) is 18.5 Å². The van der Waals surface area contributed by atoms with E-state index < -0.39 is 0 Å². The molecule has 1 aromatic rings. The Hall–Kier alpha value is -1.51. The molecule has 3 heteroatoms. The summed E-state index contributed by atoms with van der Waals surface area (Å²) in [5.41, 5.74) is 2.27. The average Bonchev–Trinajstić information content (AvgIpc) is 2.47. The summed E-state index contributed by atoms with van der Waals surface area (Å²) in [5.74, 6) is 1.71. The van der Waals surface area contributed by atoms with Crippen molar-refractivity contribution in [3.05, 3.63) is 23.3 Å². The number of hydrogen-bond acceptors (Lipinski definition) is 3. The summed E-state index contributed by atoms with van der Waals surface area (Å²) in [6.45, 7) is 4.12. The summed E-state index contributed by atoms with van der Waals surface area (Å²) in [6, 6.07) is 3.91. The number of carbonyl (C=O) groups is 1. The molecule has 0 aromatic heterocycles. The summed E-state index contributed by atoms with van der Waals surface area (Å²) in [7, 11) is 1.58. The van der Waals surface area contributed by atoms with E-state index in [0.717, 1.165) is 37.5 Å². The zero-order valence-electron chi connectivity index (χ0n) is 12.6. The minimum Gasteiger partial charge on any atom is -0.504 e. The van der Waals surface area contributed by atoms with Crippen molar-refractivity contribution in [1.82, 2.24) is 0 Å². The molecule has 3 unspecified atom stereocenters. The predicted octanol–water partition coefficient (Wildman–Crippen LogP) is 3.68. The molecule has 0 saturated carbocycles. The van der Waals surface area contributed by atoms with Crippen LogP contribution in [0.2, 0.25) is 0 Å². The Bertz CT molecular complexity index is 481. The van der Waals surface area contributed by atoms with E-state index in [1.807, 2.05) is 13.0 Å². The first kappa shape index (κ1) is 14.9. The van der Waals surface area contributed by atoms with Crippen LogP contribution < -0.4 is 4.74 Å². The number of benzene rings is 1. The van der Waals surface area contributed by atoms with E-state index in [2.05, 4.69) is 13.0 Å². The largest absolute Gasteiger partial charge is 0.504 e. The summed E-state index contributed by atoms with van der Waals surface area (Å²) in [6.07, 6.45) is 4.98. The van der Waals surface area contributed by atoms with Crippen LogP contribution in [0.3, 0.4) is 0 Å². The van der Waals surface area contributed by atoms with Gasteiger partial charge < -0.3 is 14.6 Å². The van der Waals surface area contributed by atoms with Gasteiger partial charge in [0, 0.05) is 11.5 Å². The maximum atomic E-state index is 10.9. The van der Waals surface area contributed by atoms with Crippen molar-refractivity contribution in [3.8, 4) is 11.5 Å². The molecule has 110 valence electrons. The number of aryl methyl sites for hydroxylation is 1. The molecule has 1 aliphatic carbocycles. The van der Waals surface area contributed by atoms with Gasteiger partial charge in [0.2, 0.25) is 0 Å². The lowest BCUT2D eigenvalue weighted by Crippen LogP contribution is -2.23. The molecule has 0 radical (unpaired) electrons. The fourth-order valence-electron chi connectivity index (χ4n) is 3.56. The molecular formula is C17H24O3. The van der Waals surface area contributed by atoms with Crippen LogP contribution in [-0.2, 0) is 11.2 Å². The predicted molar refractivity (Wildman–Crippen MR) is 79.3 cm³/mol. The van der Waals surface area contributed by atoms with Crippen LogP contribution in [0.5, 0.6) is 11.5 Å². The maximum absolute atomic E-state index is 10.9. The van der Waals surface area contributed by atoms with Crippen LogP contribution in [0, 0.1) is 11.8 Å². The number of phenols is 1. The van der Waals surface area contributed by atoms with Crippen molar-refractivity contribution in [2.24, 2.45) is 11.8 Å². The van der Waals surface area contributed by atoms with E-state index in [9.17, 15) is 9.90 Å². The lowest BCUT2D eigenvalue weighted by molar-refractivity contribution is -0.111. The number of methoxy groups -OCH3 is 1. The molecule has 0 aliphatic heterocycles. The second kappa shape index (κ2) is 6.29. The molecule has 20 heavy (non-hydrogen) atoms. The van der Waals surface area contributed by atoms with Gasteiger partial charge in [-0.2, -0.15) is 0 Å². The number of fused-ring (bicyclic) bond motifs is 1. The zero-order chi connectivity index (χ0) is 14.7. The van der Waals surface area contributed by atoms with Crippen LogP contribution in [0.25, 0.3) is 0 Å². The topological polar surface area (TPSA) is 46.5 Å². The van der Waals surface area contributed by atoms with E-state index in [-0.39, 0.29) is 5.92 Å². The van der Waals surface area contributed by atoms with Crippen molar-refractivity contribution < 1.29 is 14.6 Å². The highest BCUT2D eigenvalue weighted by Gasteiger charge is 2.32. The van der Waals surface area contributed by atoms with E-state index in [1.54, 1.807) is 7.11 Å². The SMILES string of the molecule is CCC1c2c(ccc(OC)c2O)CCC1CC(C)C=O. The second-order valence-electron chi connectivity index (χ2n) is 5.85. The van der Waals surface area contributed by atoms with Gasteiger partial charge in [-0.25, -0.2) is 0 Å². The molecule has 3 atom stereocenters. The van der Waals surface area contributed by atoms with Crippen LogP contribution in [0.4, 0.5) is 0 Å². The van der Waals surface area contributed by atoms with E-state index >= 15 is 0 Å². The molecule has 0 fully saturated rings. The molecule has 3 nitrogen and oxygen atoms in total. The maximum Gasteiger partial charge on any atom is 0.161 e. The summed E-state index contributed by atoms with van der Waals surface area (Å²) < 4.78 is 5.24. The van der Waals surface area contributed by atoms with E-state index in [1.165, 1.54) is 5.56 Å². The number of carbonyl (C=O) groups excluding carboxylic acids is 1. The fraction of sp³-hybridized carbons (Fsp3) is 0.588. The van der Waals surface area contributed by atoms with Gasteiger partial charge in [-0.05, 0) is 49.1 Å². The summed E-state index contributed by atoms with van der Waals surface area (Å²) >= 11 is 0. The minimum atomic E-state index is 0.0864. The molecule has 0 saturated heterocycles. The molecular weight excluding hydrogens is 252 g/mol. The zero-order valence-corrected chi connectivity index (χ0v) is 12.6. The van der Waals surface area contributed by atoms with Crippen LogP contribution >= 0.6 is 0 Å². The van der Waals surface area contributed by atoms with Crippen LogP contribution in [0.15, 0.2) is 12.1 Å². The van der Waals surface area contributed by atoms with Gasteiger partial charge in [0.25, 0.3) is 0 Å². The van der Waals surface area contributed by atoms with Gasteiger partial charge >= 0.3 is 0 Å². The summed E-state index contributed by atoms with van der Waals surface area (Å²) in [5, 5.41) is 10.5. The van der Waals surface area contributed by atoms with Crippen LogP contribution in [0.1, 0.15) is 50.2 Å². The highest BCUT2D eigenvalue weighted by molar-refractivity contribution is 5.54. The third-order valence-corrected chi connectivity index (χ3v) is 4.56. The van der Waals surface area contributed by atoms with Gasteiger partial charge in [0.1, 0.15) is 6.29 Å². The monoisotopic (exact) mass is 276 g/mol. The molecule has 0 amide bonds. The third kappa shape index (κ3) is 2.67. The number of hydrogen-bond donors (Lipinski definition) is 1. The first-order valence-corrected chi connectivity index (χ1v) is 7.46. The lowest BCUT2D eigenvalue weighted by atomic mass is 9.70. The van der Waals surface area contributed by atoms with Gasteiger partial charge in [-0.1, -0.05) is 19.9 Å². The molecule has 1 aromatic carbocycles. The van der Waals surface area contributed by atoms with Crippen molar-refractivity contribution in [2.75, 3.05) is 7.11 Å². The third-order valence-electron chi connectivity index (χ3n) is 4.56. The Morgan fingerprint density at radius 2 is 2.25 bits per heavy atom. The second-order valence-corrected chi connectivity index (χ2v) is 5.85. The van der Waals surface area contributed by atoms with Crippen molar-refractivity contribution >= 4 is 6.29 Å². The Labute approximate surface area is 121 Å². The quantitative estimate of drug-likeness (QED) is 0.834. The number of phenolic OH excluding ortho intramolecular Hbond substituents is 1. The van der Waals surface area contributed by atoms with Crippen molar-refractivity contribution in [3.63, 3.8) is 0 Å². The Balaban J connectivity index is 2.36. The van der Waals surface area contributed by atoms with Crippen molar-refractivity contribution in [2.45, 2.75) is 45.4 Å². The highest BCUT2D eigenvalue weighted by Crippen LogP contribution is 2.47. The van der Waals surface area contributed by atoms with E-state index in [4.69, 9.17) is 4.74 Å². The molecule has 1 aliphatic rings. The van der Waals surface area contributed by atoms with Crippen molar-refractivity contribution in [1.29, 1.82) is 0 Å². The fourth-order valence-corrected chi connectivity index (χ4v) is 3.56.